The Morgan fingerprint density at radius 3 is 2.80 bits per heavy atom. The van der Waals surface area contributed by atoms with Crippen LogP contribution in [-0.4, -0.2) is 52.9 Å². The van der Waals surface area contributed by atoms with Gasteiger partial charge in [0.2, 0.25) is 0 Å². The fraction of sp³-hybridized carbons (Fsp3) is 0.538. The fourth-order valence-corrected chi connectivity index (χ4v) is 2.63. The van der Waals surface area contributed by atoms with E-state index in [2.05, 4.69) is 52.1 Å². The number of nitrogen functional groups attached to an aromatic ring is 1. The predicted octanol–water partition coefficient (Wildman–Crippen LogP) is 1.30. The molecule has 20 heavy (non-hydrogen) atoms. The third-order valence-corrected chi connectivity index (χ3v) is 4.26. The van der Waals surface area contributed by atoms with E-state index in [9.17, 15) is 4.79 Å². The van der Waals surface area contributed by atoms with Gasteiger partial charge in [0.05, 0.1) is 5.56 Å². The normalized spacial score (nSPS) is 18.9. The van der Waals surface area contributed by atoms with Gasteiger partial charge in [-0.2, -0.15) is 0 Å². The molecule has 1 aromatic heterocycles. The van der Waals surface area contributed by atoms with Gasteiger partial charge in [0.1, 0.15) is 0 Å². The molecule has 1 amide bonds. The summed E-state index contributed by atoms with van der Waals surface area (Å²) in [5.41, 5.74) is 2.93. The van der Waals surface area contributed by atoms with Gasteiger partial charge < -0.3 is 10.3 Å². The topological polar surface area (TPSA) is 74.5 Å². The first-order valence-corrected chi connectivity index (χ1v) is 7.27. The van der Waals surface area contributed by atoms with E-state index in [4.69, 9.17) is 5.84 Å². The number of rotatable bonds is 2. The van der Waals surface area contributed by atoms with Crippen LogP contribution in [0.2, 0.25) is 0 Å². The highest BCUT2D eigenvalue weighted by Gasteiger charge is 2.34. The van der Waals surface area contributed by atoms with E-state index >= 15 is 0 Å². The second kappa shape index (κ2) is 5.67. The molecule has 2 rings (SSSR count). The number of aromatic nitrogens is 1. The lowest BCUT2D eigenvalue weighted by Gasteiger charge is -2.45. The Kier molecular flexibility index (Phi) is 4.31. The molecule has 0 atom stereocenters. The van der Waals surface area contributed by atoms with Crippen LogP contribution < -0.4 is 11.3 Å². The maximum absolute atomic E-state index is 12.7. The number of halogens is 1. The number of likely N-dealkylation sites (N-methyl/N-ethyl adjacent to an activating group) is 1. The molecule has 7 heteroatoms. The SMILES string of the molecule is CN1CCN(C(=O)c2cc(Br)cnc2NN)CC1(C)C. The number of hydrazine groups is 1. The minimum absolute atomic E-state index is 0.0380. The van der Waals surface area contributed by atoms with E-state index in [-0.39, 0.29) is 11.4 Å². The van der Waals surface area contributed by atoms with E-state index in [0.717, 1.165) is 11.0 Å². The molecular weight excluding hydrogens is 322 g/mol. The van der Waals surface area contributed by atoms with Crippen molar-refractivity contribution >= 4 is 27.7 Å². The predicted molar refractivity (Wildman–Crippen MR) is 82.4 cm³/mol. The second-order valence-electron chi connectivity index (χ2n) is 5.65. The van der Waals surface area contributed by atoms with Crippen molar-refractivity contribution in [2.24, 2.45) is 5.84 Å². The summed E-state index contributed by atoms with van der Waals surface area (Å²) in [6.07, 6.45) is 1.61. The minimum atomic E-state index is -0.0482. The van der Waals surface area contributed by atoms with Crippen molar-refractivity contribution < 1.29 is 4.79 Å². The Hall–Kier alpha value is -1.18. The third-order valence-electron chi connectivity index (χ3n) is 3.83. The lowest BCUT2D eigenvalue weighted by atomic mass is 9.99. The Bertz CT molecular complexity index is 519. The Morgan fingerprint density at radius 2 is 2.20 bits per heavy atom. The maximum atomic E-state index is 12.7. The summed E-state index contributed by atoms with van der Waals surface area (Å²) >= 11 is 3.34. The summed E-state index contributed by atoms with van der Waals surface area (Å²) in [7, 11) is 2.08. The molecule has 1 aliphatic heterocycles. The number of anilines is 1. The molecule has 6 nitrogen and oxygen atoms in total. The molecule has 2 heterocycles. The number of piperazine rings is 1. The highest BCUT2D eigenvalue weighted by atomic mass is 79.9. The number of carbonyl (C=O) groups excluding carboxylic acids is 1. The van der Waals surface area contributed by atoms with Gasteiger partial charge in [-0.15, -0.1) is 0 Å². The summed E-state index contributed by atoms with van der Waals surface area (Å²) in [4.78, 5) is 20.9. The number of hydrogen-bond donors (Lipinski definition) is 2. The van der Waals surface area contributed by atoms with Crippen molar-refractivity contribution in [2.75, 3.05) is 32.1 Å². The number of pyridine rings is 1. The van der Waals surface area contributed by atoms with Crippen LogP contribution in [0.5, 0.6) is 0 Å². The number of hydrogen-bond acceptors (Lipinski definition) is 5. The smallest absolute Gasteiger partial charge is 0.257 e. The van der Waals surface area contributed by atoms with Crippen LogP contribution in [-0.2, 0) is 0 Å². The first-order valence-electron chi connectivity index (χ1n) is 6.48. The summed E-state index contributed by atoms with van der Waals surface area (Å²) in [6, 6.07) is 1.75. The Balaban J connectivity index is 2.26. The van der Waals surface area contributed by atoms with Crippen LogP contribution >= 0.6 is 15.9 Å². The van der Waals surface area contributed by atoms with E-state index in [0.29, 0.717) is 24.5 Å². The average Bonchev–Trinajstić information content (AvgIpc) is 2.41. The number of nitrogens with zero attached hydrogens (tertiary/aromatic N) is 3. The average molecular weight is 342 g/mol. The van der Waals surface area contributed by atoms with Gasteiger partial charge in [-0.25, -0.2) is 10.8 Å². The zero-order valence-corrected chi connectivity index (χ0v) is 13.6. The van der Waals surface area contributed by atoms with Crippen molar-refractivity contribution in [2.45, 2.75) is 19.4 Å². The van der Waals surface area contributed by atoms with Crippen molar-refractivity contribution in [3.63, 3.8) is 0 Å². The largest absolute Gasteiger partial charge is 0.335 e. The van der Waals surface area contributed by atoms with Gasteiger partial charge in [0.25, 0.3) is 5.91 Å². The van der Waals surface area contributed by atoms with Gasteiger partial charge in [-0.1, -0.05) is 0 Å². The van der Waals surface area contributed by atoms with Crippen molar-refractivity contribution in [1.82, 2.24) is 14.8 Å². The molecule has 0 saturated carbocycles. The molecule has 0 unspecified atom stereocenters. The summed E-state index contributed by atoms with van der Waals surface area (Å²) < 4.78 is 0.758. The van der Waals surface area contributed by atoms with Gasteiger partial charge in [-0.05, 0) is 42.9 Å². The second-order valence-corrected chi connectivity index (χ2v) is 6.57. The highest BCUT2D eigenvalue weighted by molar-refractivity contribution is 9.10. The van der Waals surface area contributed by atoms with Gasteiger partial charge in [0, 0.05) is 35.8 Å². The van der Waals surface area contributed by atoms with Crippen molar-refractivity contribution in [3.8, 4) is 0 Å². The quantitative estimate of drug-likeness (QED) is 0.626. The molecule has 1 aromatic rings. The molecule has 1 fully saturated rings. The van der Waals surface area contributed by atoms with E-state index in [1.54, 1.807) is 12.3 Å². The van der Waals surface area contributed by atoms with Gasteiger partial charge in [-0.3, -0.25) is 9.69 Å². The number of carbonyl (C=O) groups is 1. The first-order chi connectivity index (χ1) is 9.35. The molecule has 3 N–H and O–H groups in total. The summed E-state index contributed by atoms with van der Waals surface area (Å²) in [5, 5.41) is 0. The highest BCUT2D eigenvalue weighted by Crippen LogP contribution is 2.23. The number of amides is 1. The van der Waals surface area contributed by atoms with Crippen LogP contribution in [0, 0.1) is 0 Å². The fourth-order valence-electron chi connectivity index (χ4n) is 2.30. The maximum Gasteiger partial charge on any atom is 0.257 e. The third kappa shape index (κ3) is 2.94. The number of nitrogens with two attached hydrogens (primary N) is 1. The van der Waals surface area contributed by atoms with Crippen LogP contribution in [0.1, 0.15) is 24.2 Å². The van der Waals surface area contributed by atoms with Gasteiger partial charge >= 0.3 is 0 Å². The number of nitrogens with one attached hydrogen (secondary N) is 1. The van der Waals surface area contributed by atoms with Crippen LogP contribution in [0.25, 0.3) is 0 Å². The molecule has 110 valence electrons. The Morgan fingerprint density at radius 1 is 1.50 bits per heavy atom. The molecule has 0 spiro atoms. The van der Waals surface area contributed by atoms with Crippen molar-refractivity contribution in [1.29, 1.82) is 0 Å². The molecule has 1 saturated heterocycles. The Labute approximate surface area is 127 Å². The monoisotopic (exact) mass is 341 g/mol. The zero-order valence-electron chi connectivity index (χ0n) is 12.0. The van der Waals surface area contributed by atoms with Crippen LogP contribution in [0.15, 0.2) is 16.7 Å². The van der Waals surface area contributed by atoms with E-state index in [1.165, 1.54) is 0 Å². The molecule has 0 bridgehead atoms. The van der Waals surface area contributed by atoms with Crippen LogP contribution in [0.3, 0.4) is 0 Å². The van der Waals surface area contributed by atoms with E-state index < -0.39 is 0 Å². The molecule has 0 aliphatic carbocycles. The first kappa shape index (κ1) is 15.2. The zero-order chi connectivity index (χ0) is 14.9. The lowest BCUT2D eigenvalue weighted by molar-refractivity contribution is 0.0312. The van der Waals surface area contributed by atoms with Crippen LogP contribution in [0.4, 0.5) is 5.82 Å². The van der Waals surface area contributed by atoms with Gasteiger partial charge in [0.15, 0.2) is 5.82 Å². The summed E-state index contributed by atoms with van der Waals surface area (Å²) in [5.74, 6) is 5.79. The minimum Gasteiger partial charge on any atom is -0.335 e. The summed E-state index contributed by atoms with van der Waals surface area (Å²) in [6.45, 7) is 6.50. The molecular formula is C13H20BrN5O. The molecule has 0 aromatic carbocycles. The molecule has 1 aliphatic rings. The van der Waals surface area contributed by atoms with Crippen molar-refractivity contribution in [3.05, 3.63) is 22.3 Å². The standard InChI is InChI=1S/C13H20BrN5O/c1-13(2)8-19(5-4-18(13)3)12(20)10-6-9(14)7-16-11(10)17-15/h6-7H,4-5,8,15H2,1-3H3,(H,16,17). The lowest BCUT2D eigenvalue weighted by Crippen LogP contribution is -2.58. The van der Waals surface area contributed by atoms with E-state index in [1.807, 2.05) is 4.90 Å². The molecule has 0 radical (unpaired) electrons.